The number of benzene rings is 1. The lowest BCUT2D eigenvalue weighted by molar-refractivity contribution is 0.451. The van der Waals surface area contributed by atoms with Gasteiger partial charge in [0.2, 0.25) is 5.13 Å². The Morgan fingerprint density at radius 2 is 1.95 bits per heavy atom. The Morgan fingerprint density at radius 3 is 2.53 bits per heavy atom. The van der Waals surface area contributed by atoms with Crippen LogP contribution >= 0.6 is 11.3 Å². The van der Waals surface area contributed by atoms with Crippen molar-refractivity contribution in [3.63, 3.8) is 0 Å². The lowest BCUT2D eigenvalue weighted by atomic mass is 10.3. The molecule has 0 aliphatic rings. The molecule has 19 heavy (non-hydrogen) atoms. The van der Waals surface area contributed by atoms with E-state index < -0.39 is 10.1 Å². The van der Waals surface area contributed by atoms with Gasteiger partial charge < -0.3 is 10.2 Å². The first-order valence-corrected chi connectivity index (χ1v) is 6.99. The molecule has 10 heteroatoms. The molecule has 1 aromatic carbocycles. The second-order valence-electron chi connectivity index (χ2n) is 3.31. The molecule has 0 bridgehead atoms. The maximum atomic E-state index is 10.8. The van der Waals surface area contributed by atoms with Gasteiger partial charge in [-0.25, -0.2) is 4.98 Å². The topological polar surface area (TPSA) is 132 Å². The summed E-state index contributed by atoms with van der Waals surface area (Å²) in [6, 6.07) is 3.71. The highest BCUT2D eigenvalue weighted by atomic mass is 32.3. The Labute approximate surface area is 111 Å². The van der Waals surface area contributed by atoms with Gasteiger partial charge >= 0.3 is 10.1 Å². The summed E-state index contributed by atoms with van der Waals surface area (Å²) in [4.78, 5) is 3.63. The van der Waals surface area contributed by atoms with Crippen LogP contribution in [0.5, 0.6) is 11.5 Å². The predicted molar refractivity (Wildman–Crippen MR) is 65.9 cm³/mol. The van der Waals surface area contributed by atoms with E-state index in [9.17, 15) is 13.5 Å². The molecule has 8 nitrogen and oxygen atoms in total. The smallest absolute Gasteiger partial charge is 0.305 e. The van der Waals surface area contributed by atoms with Gasteiger partial charge in [-0.1, -0.05) is 11.3 Å². The minimum absolute atomic E-state index is 0.0000926. The van der Waals surface area contributed by atoms with Crippen LogP contribution in [-0.4, -0.2) is 28.2 Å². The molecule has 0 saturated heterocycles. The fourth-order valence-electron chi connectivity index (χ4n) is 1.11. The van der Waals surface area contributed by atoms with E-state index in [0.717, 1.165) is 12.3 Å². The molecular weight excluding hydrogens is 294 g/mol. The third-order valence-electron chi connectivity index (χ3n) is 1.93. The zero-order chi connectivity index (χ0) is 14.0. The highest BCUT2D eigenvalue weighted by Gasteiger charge is 2.14. The number of hydrogen-bond acceptors (Lipinski definition) is 8. The molecule has 0 aliphatic heterocycles. The van der Waals surface area contributed by atoms with Crippen LogP contribution in [0.3, 0.4) is 0 Å². The van der Waals surface area contributed by atoms with Gasteiger partial charge in [0.15, 0.2) is 4.21 Å². The largest absolute Gasteiger partial charge is 0.508 e. The summed E-state index contributed by atoms with van der Waals surface area (Å²) in [5.41, 5.74) is 0.0846. The molecule has 0 amide bonds. The van der Waals surface area contributed by atoms with Crippen LogP contribution in [0.4, 0.5) is 10.8 Å². The van der Waals surface area contributed by atoms with E-state index in [2.05, 4.69) is 15.2 Å². The maximum Gasteiger partial charge on any atom is 0.305 e. The van der Waals surface area contributed by atoms with Gasteiger partial charge in [-0.15, -0.1) is 10.2 Å². The van der Waals surface area contributed by atoms with E-state index >= 15 is 0 Å². The minimum atomic E-state index is -4.31. The number of nitrogens with zero attached hydrogens (tertiary/aromatic N) is 3. The summed E-state index contributed by atoms with van der Waals surface area (Å²) < 4.78 is 30.0. The third-order valence-corrected chi connectivity index (χ3v) is 4.10. The second kappa shape index (κ2) is 4.91. The summed E-state index contributed by atoms with van der Waals surface area (Å²) in [5.74, 6) is -0.408. The first kappa shape index (κ1) is 13.4. The molecule has 0 spiro atoms. The van der Waals surface area contributed by atoms with Crippen molar-refractivity contribution < 1.29 is 23.2 Å². The first-order valence-electron chi connectivity index (χ1n) is 4.73. The number of rotatable bonds is 3. The molecule has 2 rings (SSSR count). The van der Waals surface area contributed by atoms with Crippen molar-refractivity contribution in [2.45, 2.75) is 4.21 Å². The summed E-state index contributed by atoms with van der Waals surface area (Å²) in [6.45, 7) is 0. The Morgan fingerprint density at radius 1 is 1.21 bits per heavy atom. The number of hydrogen-bond donors (Lipinski definition) is 3. The number of phenolic OH excluding ortho intramolecular Hbond substituents is 2. The van der Waals surface area contributed by atoms with Gasteiger partial charge in [-0.2, -0.15) is 8.42 Å². The molecule has 0 atom stereocenters. The number of phenols is 2. The van der Waals surface area contributed by atoms with Gasteiger partial charge in [0, 0.05) is 6.07 Å². The summed E-state index contributed by atoms with van der Waals surface area (Å²) in [7, 11) is -4.31. The fourth-order valence-corrected chi connectivity index (χ4v) is 2.41. The van der Waals surface area contributed by atoms with Crippen molar-refractivity contribution in [3.8, 4) is 11.5 Å². The monoisotopic (exact) mass is 301 g/mol. The Bertz CT molecular complexity index is 738. The molecule has 1 heterocycles. The molecular formula is C9H7N3O5S2. The van der Waals surface area contributed by atoms with E-state index in [0.29, 0.717) is 11.3 Å². The highest BCUT2D eigenvalue weighted by Crippen LogP contribution is 2.32. The van der Waals surface area contributed by atoms with Crippen LogP contribution in [0, 0.1) is 0 Å². The SMILES string of the molecule is O=S(=O)(O)c1cnc(N=Nc2ccc(O)cc2O)s1. The van der Waals surface area contributed by atoms with Gasteiger partial charge in [0.1, 0.15) is 17.2 Å². The maximum absolute atomic E-state index is 10.8. The van der Waals surface area contributed by atoms with Crippen molar-refractivity contribution in [1.82, 2.24) is 4.98 Å². The first-order chi connectivity index (χ1) is 8.86. The van der Waals surface area contributed by atoms with E-state index in [-0.39, 0.29) is 26.5 Å². The van der Waals surface area contributed by atoms with Crippen LogP contribution in [0.25, 0.3) is 0 Å². The number of aromatic hydroxyl groups is 2. The average molecular weight is 301 g/mol. The molecule has 2 aromatic rings. The van der Waals surface area contributed by atoms with E-state index in [1.54, 1.807) is 0 Å². The molecule has 100 valence electrons. The standard InChI is InChI=1S/C9H7N3O5S2/c13-5-1-2-6(7(14)3-5)11-12-9-10-4-8(18-9)19(15,16)17/h1-4,13-14H,(H,15,16,17). The second-order valence-corrected chi connectivity index (χ2v) is 5.97. The Hall–Kier alpha value is -2.04. The van der Waals surface area contributed by atoms with Gasteiger partial charge in [0.05, 0.1) is 6.20 Å². The quantitative estimate of drug-likeness (QED) is 0.588. The van der Waals surface area contributed by atoms with Gasteiger partial charge in [0.25, 0.3) is 0 Å². The van der Waals surface area contributed by atoms with Gasteiger partial charge in [-0.3, -0.25) is 4.55 Å². The number of azo groups is 1. The molecule has 0 radical (unpaired) electrons. The van der Waals surface area contributed by atoms with Crippen molar-refractivity contribution in [1.29, 1.82) is 0 Å². The summed E-state index contributed by atoms with van der Waals surface area (Å²) in [5, 5.41) is 25.8. The zero-order valence-corrected chi connectivity index (χ0v) is 10.8. The molecule has 0 unspecified atom stereocenters. The van der Waals surface area contributed by atoms with E-state index in [1.165, 1.54) is 12.1 Å². The zero-order valence-electron chi connectivity index (χ0n) is 9.13. The normalized spacial score (nSPS) is 12.1. The Balaban J connectivity index is 2.26. The van der Waals surface area contributed by atoms with E-state index in [1.807, 2.05) is 0 Å². The van der Waals surface area contributed by atoms with Crippen LogP contribution in [0.1, 0.15) is 0 Å². The van der Waals surface area contributed by atoms with Crippen molar-refractivity contribution in [3.05, 3.63) is 24.4 Å². The number of thiazole rings is 1. The molecule has 3 N–H and O–H groups in total. The molecule has 0 fully saturated rings. The van der Waals surface area contributed by atoms with E-state index in [4.69, 9.17) is 9.66 Å². The van der Waals surface area contributed by atoms with Crippen LogP contribution in [-0.2, 0) is 10.1 Å². The molecule has 1 aromatic heterocycles. The van der Waals surface area contributed by atoms with Gasteiger partial charge in [-0.05, 0) is 12.1 Å². The fraction of sp³-hybridized carbons (Fsp3) is 0. The van der Waals surface area contributed by atoms with Crippen molar-refractivity contribution in [2.75, 3.05) is 0 Å². The average Bonchev–Trinajstić information content (AvgIpc) is 2.76. The van der Waals surface area contributed by atoms with Crippen LogP contribution in [0.2, 0.25) is 0 Å². The van der Waals surface area contributed by atoms with Crippen molar-refractivity contribution in [2.24, 2.45) is 10.2 Å². The summed E-state index contributed by atoms with van der Waals surface area (Å²) >= 11 is 0.628. The highest BCUT2D eigenvalue weighted by molar-refractivity contribution is 7.88. The Kier molecular flexibility index (Phi) is 3.46. The summed E-state index contributed by atoms with van der Waals surface area (Å²) in [6.07, 6.45) is 0.949. The van der Waals surface area contributed by atoms with Crippen LogP contribution in [0.15, 0.2) is 38.8 Å². The lowest BCUT2D eigenvalue weighted by Gasteiger charge is -1.96. The predicted octanol–water partition coefficient (Wildman–Crippen LogP) is 2.22. The lowest BCUT2D eigenvalue weighted by Crippen LogP contribution is -1.93. The van der Waals surface area contributed by atoms with Crippen molar-refractivity contribution >= 4 is 32.3 Å². The van der Waals surface area contributed by atoms with Crippen LogP contribution < -0.4 is 0 Å². The third kappa shape index (κ3) is 3.24. The molecule has 0 aliphatic carbocycles. The molecule has 0 saturated carbocycles. The number of aromatic nitrogens is 1. The minimum Gasteiger partial charge on any atom is -0.508 e.